The van der Waals surface area contributed by atoms with E-state index < -0.39 is 0 Å². The van der Waals surface area contributed by atoms with Gasteiger partial charge in [-0.3, -0.25) is 9.48 Å². The van der Waals surface area contributed by atoms with Gasteiger partial charge in [0, 0.05) is 18.9 Å². The summed E-state index contributed by atoms with van der Waals surface area (Å²) in [5.74, 6) is 1.40. The first-order valence-corrected chi connectivity index (χ1v) is 7.64. The highest BCUT2D eigenvalue weighted by Gasteiger charge is 2.20. The molecule has 3 rings (SSSR count). The van der Waals surface area contributed by atoms with Gasteiger partial charge in [-0.25, -0.2) is 0 Å². The molecule has 1 aromatic carbocycles. The van der Waals surface area contributed by atoms with E-state index in [2.05, 4.69) is 15.7 Å². The molecule has 2 aromatic rings. The fourth-order valence-electron chi connectivity index (χ4n) is 2.28. The molecule has 1 aromatic heterocycles. The van der Waals surface area contributed by atoms with Crippen molar-refractivity contribution >= 4 is 5.91 Å². The first-order chi connectivity index (χ1) is 11.3. The minimum Gasteiger partial charge on any atom is -0.486 e. The Labute approximate surface area is 134 Å². The van der Waals surface area contributed by atoms with E-state index in [0.29, 0.717) is 19.7 Å². The average Bonchev–Trinajstić information content (AvgIpc) is 3.10. The van der Waals surface area contributed by atoms with Crippen LogP contribution in [0.15, 0.2) is 42.7 Å². The summed E-state index contributed by atoms with van der Waals surface area (Å²) >= 11 is 0. The van der Waals surface area contributed by atoms with E-state index in [1.807, 2.05) is 41.2 Å². The van der Waals surface area contributed by atoms with Crippen molar-refractivity contribution in [2.24, 2.45) is 0 Å². The van der Waals surface area contributed by atoms with Gasteiger partial charge in [0.2, 0.25) is 5.91 Å². The molecule has 0 unspecified atom stereocenters. The van der Waals surface area contributed by atoms with Gasteiger partial charge in [-0.2, -0.15) is 5.10 Å². The number of aromatic nitrogens is 2. The van der Waals surface area contributed by atoms with E-state index in [4.69, 9.17) is 9.47 Å². The zero-order valence-electron chi connectivity index (χ0n) is 12.8. The fraction of sp³-hybridized carbons (Fsp3) is 0.375. The third kappa shape index (κ3) is 4.46. The number of carbonyl (C=O) groups excluding carboxylic acids is 1. The van der Waals surface area contributed by atoms with Crippen LogP contribution in [0.4, 0.5) is 0 Å². The zero-order chi connectivity index (χ0) is 15.9. The lowest BCUT2D eigenvalue weighted by atomic mass is 10.2. The molecule has 1 atom stereocenters. The predicted molar refractivity (Wildman–Crippen MR) is 84.5 cm³/mol. The monoisotopic (exact) mass is 316 g/mol. The maximum atomic E-state index is 11.8. The number of carbonyl (C=O) groups is 1. The third-order valence-electron chi connectivity index (χ3n) is 3.46. The second-order valence-corrected chi connectivity index (χ2v) is 5.25. The number of hydrogen-bond acceptors (Lipinski definition) is 5. The molecule has 2 heterocycles. The smallest absolute Gasteiger partial charge is 0.234 e. The summed E-state index contributed by atoms with van der Waals surface area (Å²) in [6.07, 6.45) is 3.45. The van der Waals surface area contributed by atoms with Crippen LogP contribution >= 0.6 is 0 Å². The van der Waals surface area contributed by atoms with Gasteiger partial charge < -0.3 is 20.1 Å². The van der Waals surface area contributed by atoms with Gasteiger partial charge in [-0.05, 0) is 18.2 Å². The van der Waals surface area contributed by atoms with Crippen LogP contribution in [-0.2, 0) is 11.3 Å². The minimum absolute atomic E-state index is 0.0621. The lowest BCUT2D eigenvalue weighted by Gasteiger charge is -2.26. The number of rotatable bonds is 7. The molecule has 2 N–H and O–H groups in total. The van der Waals surface area contributed by atoms with E-state index >= 15 is 0 Å². The number of para-hydroxylation sites is 2. The van der Waals surface area contributed by atoms with Gasteiger partial charge in [0.15, 0.2) is 11.5 Å². The van der Waals surface area contributed by atoms with Crippen LogP contribution in [0.5, 0.6) is 11.5 Å². The van der Waals surface area contributed by atoms with Gasteiger partial charge >= 0.3 is 0 Å². The molecular weight excluding hydrogens is 296 g/mol. The van der Waals surface area contributed by atoms with Crippen LogP contribution in [0, 0.1) is 0 Å². The van der Waals surface area contributed by atoms with Crippen molar-refractivity contribution in [3.8, 4) is 11.5 Å². The van der Waals surface area contributed by atoms with Crippen molar-refractivity contribution in [2.45, 2.75) is 12.6 Å². The molecule has 122 valence electrons. The molecule has 0 spiro atoms. The fourth-order valence-corrected chi connectivity index (χ4v) is 2.28. The molecule has 0 radical (unpaired) electrons. The second kappa shape index (κ2) is 7.64. The number of amides is 1. The highest BCUT2D eigenvalue weighted by Crippen LogP contribution is 2.30. The summed E-state index contributed by atoms with van der Waals surface area (Å²) in [6, 6.07) is 9.40. The minimum atomic E-state index is -0.169. The van der Waals surface area contributed by atoms with Crippen molar-refractivity contribution in [3.05, 3.63) is 42.7 Å². The maximum Gasteiger partial charge on any atom is 0.234 e. The van der Waals surface area contributed by atoms with E-state index in [0.717, 1.165) is 18.0 Å². The van der Waals surface area contributed by atoms with Crippen LogP contribution in [-0.4, -0.2) is 48.0 Å². The summed E-state index contributed by atoms with van der Waals surface area (Å²) in [5, 5.41) is 10.0. The Kier molecular flexibility index (Phi) is 5.10. The summed E-state index contributed by atoms with van der Waals surface area (Å²) in [5.41, 5.74) is 0. The lowest BCUT2D eigenvalue weighted by Crippen LogP contribution is -2.43. The van der Waals surface area contributed by atoms with Gasteiger partial charge in [-0.1, -0.05) is 12.1 Å². The number of fused-ring (bicyclic) bond motifs is 1. The lowest BCUT2D eigenvalue weighted by molar-refractivity contribution is -0.120. The molecule has 0 saturated carbocycles. The van der Waals surface area contributed by atoms with Gasteiger partial charge in [0.05, 0.1) is 19.6 Å². The molecule has 0 bridgehead atoms. The second-order valence-electron chi connectivity index (χ2n) is 5.25. The Morgan fingerprint density at radius 3 is 3.00 bits per heavy atom. The molecule has 7 heteroatoms. The quantitative estimate of drug-likeness (QED) is 0.724. The van der Waals surface area contributed by atoms with Gasteiger partial charge in [0.1, 0.15) is 12.7 Å². The Morgan fingerprint density at radius 1 is 1.30 bits per heavy atom. The summed E-state index contributed by atoms with van der Waals surface area (Å²) < 4.78 is 13.2. The molecule has 7 nitrogen and oxygen atoms in total. The Balaban J connectivity index is 1.32. The largest absolute Gasteiger partial charge is 0.486 e. The standard InChI is InChI=1S/C16H20N4O3/c21-16(11-17-7-9-20-8-3-6-19-20)18-10-13-12-22-14-4-1-2-5-15(14)23-13/h1-6,8,13,17H,7,9-12H2,(H,18,21)/t13-/m1/s1. The van der Waals surface area contributed by atoms with Crippen molar-refractivity contribution in [1.29, 1.82) is 0 Å². The molecular formula is C16H20N4O3. The van der Waals surface area contributed by atoms with Crippen molar-refractivity contribution in [2.75, 3.05) is 26.2 Å². The van der Waals surface area contributed by atoms with E-state index in [9.17, 15) is 4.79 Å². The Morgan fingerprint density at radius 2 is 2.17 bits per heavy atom. The van der Waals surface area contributed by atoms with Crippen LogP contribution < -0.4 is 20.1 Å². The number of nitrogens with zero attached hydrogens (tertiary/aromatic N) is 2. The van der Waals surface area contributed by atoms with Gasteiger partial charge in [0.25, 0.3) is 0 Å². The topological polar surface area (TPSA) is 77.4 Å². The molecule has 1 amide bonds. The van der Waals surface area contributed by atoms with Crippen molar-refractivity contribution in [1.82, 2.24) is 20.4 Å². The number of nitrogens with one attached hydrogen (secondary N) is 2. The molecule has 0 fully saturated rings. The Bertz CT molecular complexity index is 630. The van der Waals surface area contributed by atoms with Crippen LogP contribution in [0.25, 0.3) is 0 Å². The van der Waals surface area contributed by atoms with Crippen LogP contribution in [0.3, 0.4) is 0 Å². The number of hydrogen-bond donors (Lipinski definition) is 2. The predicted octanol–water partition coefficient (Wildman–Crippen LogP) is 0.429. The van der Waals surface area contributed by atoms with Crippen LogP contribution in [0.1, 0.15) is 0 Å². The van der Waals surface area contributed by atoms with E-state index in [1.165, 1.54) is 0 Å². The summed E-state index contributed by atoms with van der Waals surface area (Å²) in [4.78, 5) is 11.8. The molecule has 23 heavy (non-hydrogen) atoms. The van der Waals surface area contributed by atoms with Crippen LogP contribution in [0.2, 0.25) is 0 Å². The summed E-state index contributed by atoms with van der Waals surface area (Å²) in [6.45, 7) is 2.55. The van der Waals surface area contributed by atoms with Crippen molar-refractivity contribution < 1.29 is 14.3 Å². The highest BCUT2D eigenvalue weighted by atomic mass is 16.6. The maximum absolute atomic E-state index is 11.8. The molecule has 1 aliphatic heterocycles. The highest BCUT2D eigenvalue weighted by molar-refractivity contribution is 5.78. The van der Waals surface area contributed by atoms with E-state index in [1.54, 1.807) is 6.20 Å². The van der Waals surface area contributed by atoms with Gasteiger partial charge in [-0.15, -0.1) is 0 Å². The Hall–Kier alpha value is -2.54. The molecule has 0 aliphatic carbocycles. The average molecular weight is 316 g/mol. The molecule has 0 saturated heterocycles. The van der Waals surface area contributed by atoms with Crippen molar-refractivity contribution in [3.63, 3.8) is 0 Å². The number of ether oxygens (including phenoxy) is 2. The SMILES string of the molecule is O=C(CNCCn1cccn1)NC[C@@H]1COc2ccccc2O1. The first kappa shape index (κ1) is 15.4. The summed E-state index contributed by atoms with van der Waals surface area (Å²) in [7, 11) is 0. The number of benzene rings is 1. The molecule has 1 aliphatic rings. The normalized spacial score (nSPS) is 16.1. The first-order valence-electron chi connectivity index (χ1n) is 7.64. The zero-order valence-corrected chi connectivity index (χ0v) is 12.8. The van der Waals surface area contributed by atoms with E-state index in [-0.39, 0.29) is 18.6 Å². The third-order valence-corrected chi connectivity index (χ3v) is 3.46.